The van der Waals surface area contributed by atoms with E-state index in [-0.39, 0.29) is 0 Å². The molecule has 3 saturated heterocycles. The van der Waals surface area contributed by atoms with Gasteiger partial charge in [0.15, 0.2) is 18.9 Å². The van der Waals surface area contributed by atoms with Gasteiger partial charge in [-0.1, -0.05) is 0 Å². The van der Waals surface area contributed by atoms with Crippen LogP contribution in [0, 0.1) is 0 Å². The van der Waals surface area contributed by atoms with Crippen LogP contribution >= 0.6 is 0 Å². The number of hydrogen-bond donors (Lipinski definition) is 15. The van der Waals surface area contributed by atoms with Crippen molar-refractivity contribution in [2.45, 2.75) is 130 Å². The third-order valence-corrected chi connectivity index (χ3v) is 8.67. The second-order valence-electron chi connectivity index (χ2n) is 12.4. The number of rotatable bonds is 16. The molecule has 3 rings (SSSR count). The highest BCUT2D eigenvalue weighted by Crippen LogP contribution is 2.33. The molecule has 0 unspecified atom stereocenters. The molecule has 0 saturated carbocycles. The molecule has 23 heteroatoms. The minimum atomic E-state index is -2.10. The van der Waals surface area contributed by atoms with Crippen LogP contribution in [-0.2, 0) is 38.0 Å². The zero-order valence-electron chi connectivity index (χ0n) is 27.6. The van der Waals surface area contributed by atoms with E-state index in [2.05, 4.69) is 10.6 Å². The molecule has 15 N–H and O–H groups in total. The first-order valence-corrected chi connectivity index (χ1v) is 16.0. The van der Waals surface area contributed by atoms with Crippen LogP contribution in [0.1, 0.15) is 13.8 Å². The van der Waals surface area contributed by atoms with E-state index < -0.39 is 161 Å². The van der Waals surface area contributed by atoms with Crippen LogP contribution in [0.3, 0.4) is 0 Å². The molecule has 0 bridgehead atoms. The van der Waals surface area contributed by atoms with Crippen molar-refractivity contribution in [2.75, 3.05) is 33.0 Å². The molecule has 0 aromatic rings. The quantitative estimate of drug-likeness (QED) is 0.0696. The predicted octanol–water partition coefficient (Wildman–Crippen LogP) is -9.83. The van der Waals surface area contributed by atoms with Gasteiger partial charge in [-0.2, -0.15) is 0 Å². The molecule has 0 aromatic carbocycles. The second kappa shape index (κ2) is 19.5. The topological polar surface area (TPSA) is 377 Å². The van der Waals surface area contributed by atoms with Crippen LogP contribution in [0.4, 0.5) is 0 Å². The minimum absolute atomic E-state index is 0.715. The number of ether oxygens (including phenoxy) is 6. The molecular formula is C28H50N2O21. The third kappa shape index (κ3) is 10.2. The molecule has 3 heterocycles. The van der Waals surface area contributed by atoms with Crippen LogP contribution in [0.5, 0.6) is 0 Å². The fraction of sp³-hybridized carbons (Fsp3) is 0.929. The molecule has 0 spiro atoms. The van der Waals surface area contributed by atoms with Crippen molar-refractivity contribution in [3.05, 3.63) is 0 Å². The summed E-state index contributed by atoms with van der Waals surface area (Å²) in [7, 11) is 0. The molecular weight excluding hydrogens is 700 g/mol. The summed E-state index contributed by atoms with van der Waals surface area (Å²) in [5, 5.41) is 139. The van der Waals surface area contributed by atoms with Gasteiger partial charge in [-0.25, -0.2) is 0 Å². The standard InChI is InChI=1S/C28H50N2O21/c1-8(36)29-10(3-31)23(16(39)11(38)4-32)49-28-22(45)25(18(41)13(6-34)47-28)51-26-15(30-9(2)37)19(42)24(14(7-35)48-26)50-27-21(44)20(43)17(40)12(5-33)46-27/h10-28,31-35,38-45H,3-7H2,1-2H3,(H,29,36)(H,30,37)/t10-,11+,12+,13+,14+,15+,16-,17-,18-,19+,20-,21+,22+,23+,24+,25-,26-,27-,28-/m0/s1. The average molecular weight is 751 g/mol. The van der Waals surface area contributed by atoms with Crippen molar-refractivity contribution in [1.29, 1.82) is 0 Å². The second-order valence-corrected chi connectivity index (χ2v) is 12.4. The number of carbonyl (C=O) groups is 2. The average Bonchev–Trinajstić information content (AvgIpc) is 3.10. The summed E-state index contributed by atoms with van der Waals surface area (Å²) in [5.41, 5.74) is 0. The van der Waals surface area contributed by atoms with Crippen LogP contribution in [0.2, 0.25) is 0 Å². The number of hydrogen-bond acceptors (Lipinski definition) is 21. The largest absolute Gasteiger partial charge is 0.394 e. The highest BCUT2D eigenvalue weighted by Gasteiger charge is 2.55. The number of carbonyl (C=O) groups excluding carboxylic acids is 2. The number of aliphatic hydroxyl groups excluding tert-OH is 13. The van der Waals surface area contributed by atoms with Crippen LogP contribution < -0.4 is 10.6 Å². The number of aliphatic hydroxyl groups is 13. The predicted molar refractivity (Wildman–Crippen MR) is 159 cm³/mol. The van der Waals surface area contributed by atoms with Crippen LogP contribution in [-0.4, -0.2) is 228 Å². The first-order valence-electron chi connectivity index (χ1n) is 16.0. The summed E-state index contributed by atoms with van der Waals surface area (Å²) < 4.78 is 33.7. The maximum absolute atomic E-state index is 12.2. The summed E-state index contributed by atoms with van der Waals surface area (Å²) in [5.74, 6) is -1.49. The maximum Gasteiger partial charge on any atom is 0.217 e. The molecule has 23 nitrogen and oxygen atoms in total. The molecule has 3 aliphatic rings. The molecule has 0 radical (unpaired) electrons. The molecule has 0 aromatic heterocycles. The Morgan fingerprint density at radius 3 is 1.71 bits per heavy atom. The zero-order chi connectivity index (χ0) is 38.3. The van der Waals surface area contributed by atoms with Gasteiger partial charge in [-0.3, -0.25) is 9.59 Å². The van der Waals surface area contributed by atoms with E-state index in [1.807, 2.05) is 0 Å². The molecule has 19 atom stereocenters. The molecule has 3 fully saturated rings. The first-order chi connectivity index (χ1) is 24.0. The van der Waals surface area contributed by atoms with Gasteiger partial charge in [-0.05, 0) is 0 Å². The molecule has 0 aliphatic carbocycles. The lowest BCUT2D eigenvalue weighted by Crippen LogP contribution is -2.69. The maximum atomic E-state index is 12.2. The zero-order valence-corrected chi connectivity index (χ0v) is 27.6. The van der Waals surface area contributed by atoms with Crippen molar-refractivity contribution in [2.24, 2.45) is 0 Å². The van der Waals surface area contributed by atoms with Gasteiger partial charge in [0.05, 0.1) is 39.1 Å². The van der Waals surface area contributed by atoms with E-state index >= 15 is 0 Å². The van der Waals surface area contributed by atoms with E-state index in [9.17, 15) is 76.0 Å². The van der Waals surface area contributed by atoms with Crippen molar-refractivity contribution in [3.8, 4) is 0 Å². The first kappa shape index (κ1) is 43.6. The van der Waals surface area contributed by atoms with Gasteiger partial charge in [0.2, 0.25) is 11.8 Å². The monoisotopic (exact) mass is 750 g/mol. The Labute approximate surface area is 290 Å². The summed E-state index contributed by atoms with van der Waals surface area (Å²) in [6.07, 6.45) is -31.0. The molecule has 298 valence electrons. The van der Waals surface area contributed by atoms with E-state index in [1.54, 1.807) is 0 Å². The molecule has 3 aliphatic heterocycles. The highest BCUT2D eigenvalue weighted by atomic mass is 16.8. The summed E-state index contributed by atoms with van der Waals surface area (Å²) in [6.45, 7) is -2.48. The Bertz CT molecular complexity index is 1090. The summed E-state index contributed by atoms with van der Waals surface area (Å²) >= 11 is 0. The van der Waals surface area contributed by atoms with Crippen LogP contribution in [0.25, 0.3) is 0 Å². The van der Waals surface area contributed by atoms with Crippen molar-refractivity contribution < 1.29 is 104 Å². The van der Waals surface area contributed by atoms with E-state index in [0.717, 1.165) is 13.8 Å². The summed E-state index contributed by atoms with van der Waals surface area (Å²) in [4.78, 5) is 24.0. The van der Waals surface area contributed by atoms with Gasteiger partial charge in [-0.15, -0.1) is 0 Å². The van der Waals surface area contributed by atoms with Crippen molar-refractivity contribution in [1.82, 2.24) is 10.6 Å². The number of amides is 2. The highest BCUT2D eigenvalue weighted by molar-refractivity contribution is 5.73. The van der Waals surface area contributed by atoms with Crippen molar-refractivity contribution >= 4 is 11.8 Å². The van der Waals surface area contributed by atoms with Gasteiger partial charge < -0.3 is 105 Å². The normalized spacial score (nSPS) is 41.3. The Balaban J connectivity index is 1.91. The lowest BCUT2D eigenvalue weighted by molar-refractivity contribution is -0.371. The Morgan fingerprint density at radius 2 is 1.18 bits per heavy atom. The molecule has 2 amide bonds. The Hall–Kier alpha value is -1.82. The minimum Gasteiger partial charge on any atom is -0.394 e. The number of nitrogens with one attached hydrogen (secondary N) is 2. The van der Waals surface area contributed by atoms with E-state index in [0.29, 0.717) is 0 Å². The smallest absolute Gasteiger partial charge is 0.217 e. The SMILES string of the molecule is CC(=O)N[C@H]1[C@H](O[C@H]2[C@@H](O)[C@@H](CO)O[C@@H](O[C@@H]([C@@H](O)[C@H](O)CO)[C@H](CO)NC(C)=O)[C@@H]2O)O[C@H](CO)[C@@H](O[C@@H]2O[C@H](CO)[C@H](O)[C@H](O)[C@H]2O)[C@@H]1O. The lowest BCUT2D eigenvalue weighted by Gasteiger charge is -2.49. The van der Waals surface area contributed by atoms with Crippen molar-refractivity contribution in [3.63, 3.8) is 0 Å². The Kier molecular flexibility index (Phi) is 16.7. The van der Waals surface area contributed by atoms with Gasteiger partial charge >= 0.3 is 0 Å². The fourth-order valence-electron chi connectivity index (χ4n) is 5.94. The molecule has 51 heavy (non-hydrogen) atoms. The lowest BCUT2D eigenvalue weighted by atomic mass is 9.94. The fourth-order valence-corrected chi connectivity index (χ4v) is 5.94. The van der Waals surface area contributed by atoms with E-state index in [1.165, 1.54) is 0 Å². The van der Waals surface area contributed by atoms with E-state index in [4.69, 9.17) is 28.4 Å². The van der Waals surface area contributed by atoms with Gasteiger partial charge in [0, 0.05) is 13.8 Å². The van der Waals surface area contributed by atoms with Crippen LogP contribution in [0.15, 0.2) is 0 Å². The Morgan fingerprint density at radius 1 is 0.627 bits per heavy atom. The summed E-state index contributed by atoms with van der Waals surface area (Å²) in [6, 6.07) is -3.12. The third-order valence-electron chi connectivity index (χ3n) is 8.67. The van der Waals surface area contributed by atoms with Gasteiger partial charge in [0.1, 0.15) is 91.5 Å². The van der Waals surface area contributed by atoms with Gasteiger partial charge in [0.25, 0.3) is 0 Å².